The predicted octanol–water partition coefficient (Wildman–Crippen LogP) is 3.42. The van der Waals surface area contributed by atoms with Crippen molar-refractivity contribution < 1.29 is 4.79 Å². The largest absolute Gasteiger partial charge is 0.339 e. The van der Waals surface area contributed by atoms with Crippen LogP contribution in [0.25, 0.3) is 11.4 Å². The Morgan fingerprint density at radius 3 is 2.48 bits per heavy atom. The summed E-state index contributed by atoms with van der Waals surface area (Å²) in [6, 6.07) is 12.1. The summed E-state index contributed by atoms with van der Waals surface area (Å²) in [4.78, 5) is 31.4. The fraction of sp³-hybridized carbons (Fsp3) is 0.417. The lowest BCUT2D eigenvalue weighted by Gasteiger charge is -2.21. The Balaban J connectivity index is 1.42. The SMILES string of the molecule is O=C(c1nc(-c2ccccc2)n2c1CCCCC2)N1CCCN(c2ncccn2)CC1. The normalized spacial score (nSPS) is 17.0. The van der Waals surface area contributed by atoms with Gasteiger partial charge in [-0.15, -0.1) is 0 Å². The first-order chi connectivity index (χ1) is 15.3. The van der Waals surface area contributed by atoms with Crippen LogP contribution in [-0.4, -0.2) is 56.5 Å². The molecule has 31 heavy (non-hydrogen) atoms. The van der Waals surface area contributed by atoms with Crippen molar-refractivity contribution in [3.8, 4) is 11.4 Å². The molecule has 0 saturated carbocycles. The molecule has 3 aromatic rings. The molecule has 4 heterocycles. The average Bonchev–Trinajstić information content (AvgIpc) is 3.01. The summed E-state index contributed by atoms with van der Waals surface area (Å²) in [5.41, 5.74) is 2.83. The van der Waals surface area contributed by atoms with Gasteiger partial charge in [-0.1, -0.05) is 36.8 Å². The van der Waals surface area contributed by atoms with Crippen molar-refractivity contribution in [2.75, 3.05) is 31.1 Å². The number of hydrogen-bond donors (Lipinski definition) is 0. The number of carbonyl (C=O) groups is 1. The molecule has 7 nitrogen and oxygen atoms in total. The third kappa shape index (κ3) is 4.04. The Bertz CT molecular complexity index is 1030. The molecule has 2 aromatic heterocycles. The Morgan fingerprint density at radius 1 is 0.806 bits per heavy atom. The van der Waals surface area contributed by atoms with E-state index in [1.807, 2.05) is 29.2 Å². The quantitative estimate of drug-likeness (QED) is 0.655. The van der Waals surface area contributed by atoms with Crippen molar-refractivity contribution in [3.05, 3.63) is 60.2 Å². The molecule has 0 radical (unpaired) electrons. The summed E-state index contributed by atoms with van der Waals surface area (Å²) >= 11 is 0. The molecule has 0 bridgehead atoms. The number of rotatable bonds is 3. The van der Waals surface area contributed by atoms with Gasteiger partial charge in [0.1, 0.15) is 11.5 Å². The number of amides is 1. The van der Waals surface area contributed by atoms with Crippen molar-refractivity contribution in [3.63, 3.8) is 0 Å². The molecule has 1 amide bonds. The minimum absolute atomic E-state index is 0.0589. The van der Waals surface area contributed by atoms with E-state index in [4.69, 9.17) is 4.98 Å². The molecule has 160 valence electrons. The van der Waals surface area contributed by atoms with Gasteiger partial charge in [0, 0.05) is 50.7 Å². The molecule has 1 saturated heterocycles. The maximum absolute atomic E-state index is 13.6. The first kappa shape index (κ1) is 19.7. The van der Waals surface area contributed by atoms with Crippen LogP contribution in [0.3, 0.4) is 0 Å². The standard InChI is InChI=1S/C24H28N6O/c31-23(28-14-8-15-29(18-17-28)24-25-12-7-13-26-24)21-20-11-5-2-6-16-30(20)22(27-21)19-9-3-1-4-10-19/h1,3-4,7,9-10,12-13H,2,5-6,8,11,14-18H2. The summed E-state index contributed by atoms with van der Waals surface area (Å²) in [5, 5.41) is 0. The number of aromatic nitrogens is 4. The van der Waals surface area contributed by atoms with Crippen LogP contribution in [0, 0.1) is 0 Å². The van der Waals surface area contributed by atoms with Crippen LogP contribution in [0.2, 0.25) is 0 Å². The number of hydrogen-bond acceptors (Lipinski definition) is 5. The number of benzene rings is 1. The molecule has 1 fully saturated rings. The second kappa shape index (κ2) is 8.88. The molecule has 1 aromatic carbocycles. The molecule has 0 spiro atoms. The van der Waals surface area contributed by atoms with E-state index in [0.29, 0.717) is 12.2 Å². The second-order valence-corrected chi connectivity index (χ2v) is 8.24. The van der Waals surface area contributed by atoms with Gasteiger partial charge in [0.05, 0.1) is 5.69 Å². The number of carbonyl (C=O) groups excluding carboxylic acids is 1. The summed E-state index contributed by atoms with van der Waals surface area (Å²) in [5.74, 6) is 1.72. The zero-order chi connectivity index (χ0) is 21.0. The molecule has 2 aliphatic rings. The van der Waals surface area contributed by atoms with E-state index in [1.165, 1.54) is 6.42 Å². The minimum atomic E-state index is 0.0589. The molecule has 0 unspecified atom stereocenters. The lowest BCUT2D eigenvalue weighted by Crippen LogP contribution is -2.36. The second-order valence-electron chi connectivity index (χ2n) is 8.24. The zero-order valence-electron chi connectivity index (χ0n) is 17.8. The van der Waals surface area contributed by atoms with E-state index in [1.54, 1.807) is 12.4 Å². The Labute approximate surface area is 182 Å². The minimum Gasteiger partial charge on any atom is -0.339 e. The van der Waals surface area contributed by atoms with Crippen LogP contribution in [0.15, 0.2) is 48.8 Å². The molecule has 0 aliphatic carbocycles. The van der Waals surface area contributed by atoms with E-state index in [-0.39, 0.29) is 5.91 Å². The molecule has 5 rings (SSSR count). The maximum Gasteiger partial charge on any atom is 0.274 e. The number of nitrogens with zero attached hydrogens (tertiary/aromatic N) is 6. The first-order valence-electron chi connectivity index (χ1n) is 11.3. The Hall–Kier alpha value is -3.22. The van der Waals surface area contributed by atoms with E-state index < -0.39 is 0 Å². The van der Waals surface area contributed by atoms with Gasteiger partial charge in [-0.25, -0.2) is 15.0 Å². The van der Waals surface area contributed by atoms with Gasteiger partial charge in [-0.05, 0) is 31.7 Å². The van der Waals surface area contributed by atoms with E-state index in [2.05, 4.69) is 31.6 Å². The van der Waals surface area contributed by atoms with Gasteiger partial charge in [-0.2, -0.15) is 0 Å². The predicted molar refractivity (Wildman–Crippen MR) is 120 cm³/mol. The molecule has 2 aliphatic heterocycles. The van der Waals surface area contributed by atoms with Crippen LogP contribution in [-0.2, 0) is 13.0 Å². The number of imidazole rings is 1. The summed E-state index contributed by atoms with van der Waals surface area (Å²) in [6.45, 7) is 3.90. The van der Waals surface area contributed by atoms with Gasteiger partial charge >= 0.3 is 0 Å². The first-order valence-corrected chi connectivity index (χ1v) is 11.3. The highest BCUT2D eigenvalue weighted by Gasteiger charge is 2.29. The van der Waals surface area contributed by atoms with Crippen LogP contribution in [0.1, 0.15) is 41.9 Å². The Kier molecular flexibility index (Phi) is 5.65. The third-order valence-corrected chi connectivity index (χ3v) is 6.22. The van der Waals surface area contributed by atoms with Crippen molar-refractivity contribution in [1.82, 2.24) is 24.4 Å². The molecule has 7 heteroatoms. The molecule has 0 N–H and O–H groups in total. The van der Waals surface area contributed by atoms with E-state index in [0.717, 1.165) is 74.9 Å². The number of fused-ring (bicyclic) bond motifs is 1. The summed E-state index contributed by atoms with van der Waals surface area (Å²) < 4.78 is 2.29. The smallest absolute Gasteiger partial charge is 0.274 e. The van der Waals surface area contributed by atoms with Crippen LogP contribution >= 0.6 is 0 Å². The lowest BCUT2D eigenvalue weighted by atomic mass is 10.1. The van der Waals surface area contributed by atoms with Crippen molar-refractivity contribution in [2.45, 2.75) is 38.6 Å². The Morgan fingerprint density at radius 2 is 1.65 bits per heavy atom. The van der Waals surface area contributed by atoms with E-state index in [9.17, 15) is 4.79 Å². The highest BCUT2D eigenvalue weighted by atomic mass is 16.2. The zero-order valence-corrected chi connectivity index (χ0v) is 17.8. The monoisotopic (exact) mass is 416 g/mol. The summed E-state index contributed by atoms with van der Waals surface area (Å²) in [7, 11) is 0. The van der Waals surface area contributed by atoms with Crippen LogP contribution in [0.5, 0.6) is 0 Å². The maximum atomic E-state index is 13.6. The van der Waals surface area contributed by atoms with Gasteiger partial charge < -0.3 is 14.4 Å². The van der Waals surface area contributed by atoms with Gasteiger partial charge in [-0.3, -0.25) is 4.79 Å². The van der Waals surface area contributed by atoms with Crippen molar-refractivity contribution in [1.29, 1.82) is 0 Å². The van der Waals surface area contributed by atoms with Gasteiger partial charge in [0.25, 0.3) is 5.91 Å². The fourth-order valence-corrected chi connectivity index (χ4v) is 4.62. The fourth-order valence-electron chi connectivity index (χ4n) is 4.62. The van der Waals surface area contributed by atoms with Crippen molar-refractivity contribution >= 4 is 11.9 Å². The highest BCUT2D eigenvalue weighted by molar-refractivity contribution is 5.94. The van der Waals surface area contributed by atoms with Gasteiger partial charge in [0.2, 0.25) is 5.95 Å². The highest BCUT2D eigenvalue weighted by Crippen LogP contribution is 2.28. The average molecular weight is 417 g/mol. The van der Waals surface area contributed by atoms with Crippen LogP contribution in [0.4, 0.5) is 5.95 Å². The molecular weight excluding hydrogens is 388 g/mol. The topological polar surface area (TPSA) is 67.2 Å². The van der Waals surface area contributed by atoms with Crippen LogP contribution < -0.4 is 4.90 Å². The molecular formula is C24H28N6O. The summed E-state index contributed by atoms with van der Waals surface area (Å²) in [6.07, 6.45) is 8.78. The number of anilines is 1. The lowest BCUT2D eigenvalue weighted by molar-refractivity contribution is 0.0760. The van der Waals surface area contributed by atoms with Crippen molar-refractivity contribution in [2.24, 2.45) is 0 Å². The third-order valence-electron chi connectivity index (χ3n) is 6.22. The van der Waals surface area contributed by atoms with Gasteiger partial charge in [0.15, 0.2) is 0 Å². The molecule has 0 atom stereocenters. The van der Waals surface area contributed by atoms with E-state index >= 15 is 0 Å².